The lowest BCUT2D eigenvalue weighted by Crippen LogP contribution is -2.06. The Balaban J connectivity index is 2.06. The summed E-state index contributed by atoms with van der Waals surface area (Å²) in [5.74, 6) is 1.04. The van der Waals surface area contributed by atoms with Crippen LogP contribution < -0.4 is 5.73 Å². The molecule has 3 rings (SSSR count). The summed E-state index contributed by atoms with van der Waals surface area (Å²) < 4.78 is 1.53. The molecule has 0 aliphatic heterocycles. The van der Waals surface area contributed by atoms with Gasteiger partial charge in [-0.15, -0.1) is 0 Å². The molecular weight excluding hydrogens is 192 g/mol. The van der Waals surface area contributed by atoms with Crippen LogP contribution in [0, 0.1) is 0 Å². The Morgan fingerprint density at radius 1 is 1.40 bits per heavy atom. The SMILES string of the molecule is Nc1cnc(-n2cncn2)nc1C1CC1. The minimum absolute atomic E-state index is 0.510. The summed E-state index contributed by atoms with van der Waals surface area (Å²) in [5, 5.41) is 3.98. The lowest BCUT2D eigenvalue weighted by molar-refractivity contribution is 0.792. The van der Waals surface area contributed by atoms with Gasteiger partial charge < -0.3 is 5.73 Å². The van der Waals surface area contributed by atoms with Crippen molar-refractivity contribution in [3.63, 3.8) is 0 Å². The highest BCUT2D eigenvalue weighted by Gasteiger charge is 2.27. The molecule has 0 aromatic carbocycles. The van der Waals surface area contributed by atoms with Gasteiger partial charge >= 0.3 is 0 Å². The van der Waals surface area contributed by atoms with Gasteiger partial charge in [-0.05, 0) is 12.8 Å². The minimum Gasteiger partial charge on any atom is -0.396 e. The van der Waals surface area contributed by atoms with Crippen molar-refractivity contribution in [2.45, 2.75) is 18.8 Å². The molecule has 1 fully saturated rings. The van der Waals surface area contributed by atoms with Gasteiger partial charge in [-0.3, -0.25) is 0 Å². The van der Waals surface area contributed by atoms with Gasteiger partial charge in [-0.25, -0.2) is 15.0 Å². The van der Waals surface area contributed by atoms with Crippen LogP contribution in [0.25, 0.3) is 5.95 Å². The highest BCUT2D eigenvalue weighted by Crippen LogP contribution is 2.41. The van der Waals surface area contributed by atoms with Crippen molar-refractivity contribution in [2.75, 3.05) is 5.73 Å². The second-order valence-electron chi connectivity index (χ2n) is 3.62. The fraction of sp³-hybridized carbons (Fsp3) is 0.333. The van der Waals surface area contributed by atoms with Gasteiger partial charge in [0.05, 0.1) is 17.6 Å². The van der Waals surface area contributed by atoms with E-state index in [0.29, 0.717) is 17.6 Å². The summed E-state index contributed by atoms with van der Waals surface area (Å²) in [7, 11) is 0. The Morgan fingerprint density at radius 2 is 2.27 bits per heavy atom. The average molecular weight is 202 g/mol. The smallest absolute Gasteiger partial charge is 0.252 e. The van der Waals surface area contributed by atoms with Gasteiger partial charge in [-0.1, -0.05) is 0 Å². The van der Waals surface area contributed by atoms with E-state index in [0.717, 1.165) is 18.5 Å². The summed E-state index contributed by atoms with van der Waals surface area (Å²) in [6, 6.07) is 0. The predicted molar refractivity (Wildman–Crippen MR) is 53.3 cm³/mol. The topological polar surface area (TPSA) is 82.5 Å². The Labute approximate surface area is 86.2 Å². The number of hydrogen-bond donors (Lipinski definition) is 1. The molecule has 76 valence electrons. The zero-order chi connectivity index (χ0) is 10.3. The van der Waals surface area contributed by atoms with E-state index in [-0.39, 0.29) is 0 Å². The van der Waals surface area contributed by atoms with E-state index in [2.05, 4.69) is 20.1 Å². The van der Waals surface area contributed by atoms with E-state index in [9.17, 15) is 0 Å². The van der Waals surface area contributed by atoms with Crippen LogP contribution >= 0.6 is 0 Å². The largest absolute Gasteiger partial charge is 0.396 e. The molecule has 2 heterocycles. The molecule has 1 aliphatic carbocycles. The first-order chi connectivity index (χ1) is 7.34. The van der Waals surface area contributed by atoms with Gasteiger partial charge in [0.1, 0.15) is 12.7 Å². The first-order valence-electron chi connectivity index (χ1n) is 4.82. The Morgan fingerprint density at radius 3 is 2.93 bits per heavy atom. The van der Waals surface area contributed by atoms with Crippen molar-refractivity contribution in [1.82, 2.24) is 24.7 Å². The summed E-state index contributed by atoms with van der Waals surface area (Å²) >= 11 is 0. The van der Waals surface area contributed by atoms with E-state index in [1.807, 2.05) is 0 Å². The number of nitrogen functional groups attached to an aromatic ring is 1. The third kappa shape index (κ3) is 1.43. The quantitative estimate of drug-likeness (QED) is 0.767. The second kappa shape index (κ2) is 3.01. The van der Waals surface area contributed by atoms with Crippen LogP contribution in [0.1, 0.15) is 24.5 Å². The normalized spacial score (nSPS) is 15.5. The zero-order valence-electron chi connectivity index (χ0n) is 8.04. The van der Waals surface area contributed by atoms with Crippen molar-refractivity contribution in [3.05, 3.63) is 24.5 Å². The number of nitrogens with two attached hydrogens (primary N) is 1. The molecule has 0 unspecified atom stereocenters. The van der Waals surface area contributed by atoms with Crippen LogP contribution in [0.5, 0.6) is 0 Å². The summed E-state index contributed by atoms with van der Waals surface area (Å²) in [5.41, 5.74) is 7.42. The van der Waals surface area contributed by atoms with Crippen LogP contribution in [-0.2, 0) is 0 Å². The maximum absolute atomic E-state index is 5.81. The van der Waals surface area contributed by atoms with Gasteiger partial charge in [0, 0.05) is 5.92 Å². The van der Waals surface area contributed by atoms with Crippen LogP contribution in [0.15, 0.2) is 18.9 Å². The Kier molecular flexibility index (Phi) is 1.67. The van der Waals surface area contributed by atoms with Crippen molar-refractivity contribution >= 4 is 5.69 Å². The standard InChI is InChI=1S/C9H10N6/c10-7-3-12-9(15-5-11-4-13-15)14-8(7)6-1-2-6/h3-6H,1-2,10H2. The molecule has 0 saturated heterocycles. The minimum atomic E-state index is 0.510. The van der Waals surface area contributed by atoms with Crippen LogP contribution in [0.3, 0.4) is 0 Å². The van der Waals surface area contributed by atoms with E-state index in [1.165, 1.54) is 11.0 Å². The zero-order valence-corrected chi connectivity index (χ0v) is 8.04. The van der Waals surface area contributed by atoms with Crippen molar-refractivity contribution in [1.29, 1.82) is 0 Å². The highest BCUT2D eigenvalue weighted by atomic mass is 15.4. The maximum atomic E-state index is 5.81. The number of nitrogens with zero attached hydrogens (tertiary/aromatic N) is 5. The molecule has 0 bridgehead atoms. The Bertz CT molecular complexity index is 473. The number of hydrogen-bond acceptors (Lipinski definition) is 5. The Hall–Kier alpha value is -1.98. The molecule has 2 aromatic rings. The fourth-order valence-corrected chi connectivity index (χ4v) is 1.50. The van der Waals surface area contributed by atoms with Gasteiger partial charge in [0.2, 0.25) is 0 Å². The first-order valence-corrected chi connectivity index (χ1v) is 4.82. The molecule has 1 saturated carbocycles. The molecule has 6 nitrogen and oxygen atoms in total. The molecular formula is C9H10N6. The van der Waals surface area contributed by atoms with Crippen LogP contribution in [0.4, 0.5) is 5.69 Å². The number of rotatable bonds is 2. The molecule has 1 aliphatic rings. The van der Waals surface area contributed by atoms with Crippen LogP contribution in [-0.4, -0.2) is 24.7 Å². The summed E-state index contributed by atoms with van der Waals surface area (Å²) in [6.45, 7) is 0. The molecule has 6 heteroatoms. The molecule has 15 heavy (non-hydrogen) atoms. The molecule has 0 radical (unpaired) electrons. The predicted octanol–water partition coefficient (Wildman–Crippen LogP) is 0.517. The summed E-state index contributed by atoms with van der Waals surface area (Å²) in [4.78, 5) is 12.4. The molecule has 2 aromatic heterocycles. The molecule has 2 N–H and O–H groups in total. The second-order valence-corrected chi connectivity index (χ2v) is 3.62. The van der Waals surface area contributed by atoms with Gasteiger partial charge in [0.25, 0.3) is 5.95 Å². The van der Waals surface area contributed by atoms with Crippen molar-refractivity contribution in [2.24, 2.45) is 0 Å². The lowest BCUT2D eigenvalue weighted by Gasteiger charge is -2.04. The fourth-order valence-electron chi connectivity index (χ4n) is 1.50. The lowest BCUT2D eigenvalue weighted by atomic mass is 10.2. The van der Waals surface area contributed by atoms with Gasteiger partial charge in [-0.2, -0.15) is 9.78 Å². The average Bonchev–Trinajstić information content (AvgIpc) is 2.94. The molecule has 0 amide bonds. The third-order valence-corrected chi connectivity index (χ3v) is 2.42. The van der Waals surface area contributed by atoms with E-state index in [1.54, 1.807) is 12.5 Å². The maximum Gasteiger partial charge on any atom is 0.252 e. The van der Waals surface area contributed by atoms with E-state index >= 15 is 0 Å². The molecule has 0 spiro atoms. The van der Waals surface area contributed by atoms with E-state index < -0.39 is 0 Å². The molecule has 0 atom stereocenters. The number of anilines is 1. The highest BCUT2D eigenvalue weighted by molar-refractivity contribution is 5.45. The van der Waals surface area contributed by atoms with Crippen molar-refractivity contribution in [3.8, 4) is 5.95 Å². The third-order valence-electron chi connectivity index (χ3n) is 2.42. The van der Waals surface area contributed by atoms with Crippen molar-refractivity contribution < 1.29 is 0 Å². The summed E-state index contributed by atoms with van der Waals surface area (Å²) in [6.07, 6.45) is 6.99. The number of aromatic nitrogens is 5. The van der Waals surface area contributed by atoms with Gasteiger partial charge in [0.15, 0.2) is 0 Å². The first kappa shape index (κ1) is 8.34. The van der Waals surface area contributed by atoms with Crippen LogP contribution in [0.2, 0.25) is 0 Å². The monoisotopic (exact) mass is 202 g/mol. The van der Waals surface area contributed by atoms with E-state index in [4.69, 9.17) is 5.73 Å².